The Morgan fingerprint density at radius 2 is 2.16 bits per heavy atom. The van der Waals surface area contributed by atoms with Gasteiger partial charge < -0.3 is 9.88 Å². The van der Waals surface area contributed by atoms with E-state index in [2.05, 4.69) is 9.97 Å². The zero-order valence-corrected chi connectivity index (χ0v) is 12.1. The summed E-state index contributed by atoms with van der Waals surface area (Å²) in [5.41, 5.74) is 1.97. The van der Waals surface area contributed by atoms with Gasteiger partial charge in [0.15, 0.2) is 5.16 Å². The Kier molecular flexibility index (Phi) is 3.98. The molecule has 1 N–H and O–H groups in total. The number of hydrogen-bond acceptors (Lipinski definition) is 4. The Morgan fingerprint density at radius 3 is 2.95 bits per heavy atom. The van der Waals surface area contributed by atoms with E-state index in [4.69, 9.17) is 0 Å². The molecule has 1 saturated heterocycles. The number of aromatic nitrogens is 2. The van der Waals surface area contributed by atoms with E-state index in [0.717, 1.165) is 40.8 Å². The van der Waals surface area contributed by atoms with Crippen molar-refractivity contribution in [2.45, 2.75) is 5.16 Å². The highest BCUT2D eigenvalue weighted by molar-refractivity contribution is 8.00. The van der Waals surface area contributed by atoms with Crippen LogP contribution in [0.5, 0.6) is 0 Å². The second-order valence-corrected chi connectivity index (χ2v) is 6.53. The number of carbonyl (C=O) groups is 1. The summed E-state index contributed by atoms with van der Waals surface area (Å²) in [6.45, 7) is 1.76. The molecule has 2 heterocycles. The minimum absolute atomic E-state index is 0.214. The Morgan fingerprint density at radius 1 is 1.37 bits per heavy atom. The number of rotatable bonds is 3. The van der Waals surface area contributed by atoms with Crippen LogP contribution in [-0.2, 0) is 4.79 Å². The van der Waals surface area contributed by atoms with Crippen LogP contribution in [0, 0.1) is 0 Å². The largest absolute Gasteiger partial charge is 0.340 e. The minimum atomic E-state index is 0.214. The summed E-state index contributed by atoms with van der Waals surface area (Å²) in [5, 5.41) is 0.820. The molecule has 100 valence electrons. The summed E-state index contributed by atoms with van der Waals surface area (Å²) in [6, 6.07) is 7.91. The third kappa shape index (κ3) is 3.06. The number of amides is 1. The van der Waals surface area contributed by atoms with Crippen molar-refractivity contribution in [3.63, 3.8) is 0 Å². The van der Waals surface area contributed by atoms with E-state index < -0.39 is 0 Å². The number of aromatic amines is 1. The van der Waals surface area contributed by atoms with Crippen molar-refractivity contribution in [3.8, 4) is 0 Å². The van der Waals surface area contributed by atoms with E-state index >= 15 is 0 Å². The van der Waals surface area contributed by atoms with Crippen LogP contribution in [0.4, 0.5) is 0 Å². The first-order valence-electron chi connectivity index (χ1n) is 6.26. The Balaban J connectivity index is 1.60. The molecule has 0 spiro atoms. The first kappa shape index (κ1) is 12.9. The van der Waals surface area contributed by atoms with Crippen LogP contribution in [-0.4, -0.2) is 51.1 Å². The van der Waals surface area contributed by atoms with Crippen molar-refractivity contribution in [1.29, 1.82) is 0 Å². The smallest absolute Gasteiger partial charge is 0.233 e. The number of imidazole rings is 1. The number of para-hydroxylation sites is 2. The van der Waals surface area contributed by atoms with Gasteiger partial charge in [-0.15, -0.1) is 0 Å². The topological polar surface area (TPSA) is 49.0 Å². The molecule has 1 aliphatic rings. The van der Waals surface area contributed by atoms with Crippen molar-refractivity contribution >= 4 is 40.5 Å². The second kappa shape index (κ2) is 5.88. The predicted octanol–water partition coefficient (Wildman–Crippen LogP) is 2.23. The SMILES string of the molecule is O=C(CSc1nc2ccccc2[nH]1)N1CCSCC1. The lowest BCUT2D eigenvalue weighted by molar-refractivity contribution is -0.127. The van der Waals surface area contributed by atoms with Crippen LogP contribution in [0.3, 0.4) is 0 Å². The predicted molar refractivity (Wildman–Crippen MR) is 80.7 cm³/mol. The standard InChI is InChI=1S/C13H15N3OS2/c17-12(16-5-7-18-8-6-16)9-19-13-14-10-3-1-2-4-11(10)15-13/h1-4H,5-9H2,(H,14,15). The number of nitrogens with zero attached hydrogens (tertiary/aromatic N) is 2. The minimum Gasteiger partial charge on any atom is -0.340 e. The van der Waals surface area contributed by atoms with Gasteiger partial charge in [0.2, 0.25) is 5.91 Å². The summed E-state index contributed by atoms with van der Waals surface area (Å²) in [6.07, 6.45) is 0. The van der Waals surface area contributed by atoms with Gasteiger partial charge in [-0.2, -0.15) is 11.8 Å². The Labute approximate surface area is 120 Å². The van der Waals surface area contributed by atoms with Gasteiger partial charge in [-0.3, -0.25) is 4.79 Å². The molecular formula is C13H15N3OS2. The van der Waals surface area contributed by atoms with Gasteiger partial charge in [-0.05, 0) is 12.1 Å². The average molecular weight is 293 g/mol. The zero-order chi connectivity index (χ0) is 13.1. The lowest BCUT2D eigenvalue weighted by Crippen LogP contribution is -2.38. The molecule has 6 heteroatoms. The van der Waals surface area contributed by atoms with Gasteiger partial charge in [0.25, 0.3) is 0 Å². The summed E-state index contributed by atoms with van der Waals surface area (Å²) in [7, 11) is 0. The molecule has 4 nitrogen and oxygen atoms in total. The number of nitrogens with one attached hydrogen (secondary N) is 1. The Hall–Kier alpha value is -1.14. The van der Waals surface area contributed by atoms with E-state index in [-0.39, 0.29) is 5.91 Å². The average Bonchev–Trinajstić information content (AvgIpc) is 2.88. The molecule has 0 bridgehead atoms. The van der Waals surface area contributed by atoms with Gasteiger partial charge in [-0.1, -0.05) is 23.9 Å². The van der Waals surface area contributed by atoms with Crippen molar-refractivity contribution in [2.24, 2.45) is 0 Å². The number of thioether (sulfide) groups is 2. The number of hydrogen-bond donors (Lipinski definition) is 1. The summed E-state index contributed by atoms with van der Waals surface area (Å²) < 4.78 is 0. The maximum Gasteiger partial charge on any atom is 0.233 e. The van der Waals surface area contributed by atoms with Gasteiger partial charge in [0.1, 0.15) is 0 Å². The first-order valence-corrected chi connectivity index (χ1v) is 8.40. The van der Waals surface area contributed by atoms with E-state index in [0.29, 0.717) is 5.75 Å². The molecule has 0 unspecified atom stereocenters. The van der Waals surface area contributed by atoms with Crippen LogP contribution in [0.25, 0.3) is 11.0 Å². The van der Waals surface area contributed by atoms with Crippen LogP contribution < -0.4 is 0 Å². The molecule has 1 amide bonds. The van der Waals surface area contributed by atoms with E-state index in [9.17, 15) is 4.79 Å². The maximum absolute atomic E-state index is 12.0. The molecular weight excluding hydrogens is 278 g/mol. The third-order valence-electron chi connectivity index (χ3n) is 3.06. The van der Waals surface area contributed by atoms with Gasteiger partial charge >= 0.3 is 0 Å². The van der Waals surface area contributed by atoms with Crippen LogP contribution in [0.15, 0.2) is 29.4 Å². The number of benzene rings is 1. The first-order chi connectivity index (χ1) is 9.33. The fraction of sp³-hybridized carbons (Fsp3) is 0.385. The van der Waals surface area contributed by atoms with Crippen molar-refractivity contribution in [3.05, 3.63) is 24.3 Å². The van der Waals surface area contributed by atoms with Gasteiger partial charge in [0.05, 0.1) is 16.8 Å². The lowest BCUT2D eigenvalue weighted by Gasteiger charge is -2.26. The maximum atomic E-state index is 12.0. The summed E-state index contributed by atoms with van der Waals surface area (Å²) in [5.74, 6) is 2.79. The van der Waals surface area contributed by atoms with Gasteiger partial charge in [0, 0.05) is 24.6 Å². The monoisotopic (exact) mass is 293 g/mol. The van der Waals surface area contributed by atoms with Crippen molar-refractivity contribution in [1.82, 2.24) is 14.9 Å². The molecule has 2 aromatic rings. The molecule has 0 radical (unpaired) electrons. The number of H-pyrrole nitrogens is 1. The van der Waals surface area contributed by atoms with Crippen molar-refractivity contribution < 1.29 is 4.79 Å². The van der Waals surface area contributed by atoms with E-state index in [1.807, 2.05) is 40.9 Å². The van der Waals surface area contributed by atoms with E-state index in [1.165, 1.54) is 11.8 Å². The highest BCUT2D eigenvalue weighted by atomic mass is 32.2. The van der Waals surface area contributed by atoms with Crippen LogP contribution >= 0.6 is 23.5 Å². The highest BCUT2D eigenvalue weighted by Gasteiger charge is 2.17. The second-order valence-electron chi connectivity index (χ2n) is 4.34. The molecule has 1 fully saturated rings. The summed E-state index contributed by atoms with van der Waals surface area (Å²) >= 11 is 3.40. The van der Waals surface area contributed by atoms with Crippen LogP contribution in [0.2, 0.25) is 0 Å². The number of carbonyl (C=O) groups excluding carboxylic acids is 1. The van der Waals surface area contributed by atoms with Gasteiger partial charge in [-0.25, -0.2) is 4.98 Å². The molecule has 1 aromatic carbocycles. The molecule has 0 atom stereocenters. The molecule has 1 aliphatic heterocycles. The van der Waals surface area contributed by atoms with E-state index in [1.54, 1.807) is 0 Å². The fourth-order valence-corrected chi connectivity index (χ4v) is 3.72. The lowest BCUT2D eigenvalue weighted by atomic mass is 10.3. The molecule has 19 heavy (non-hydrogen) atoms. The quantitative estimate of drug-likeness (QED) is 0.882. The normalized spacial score (nSPS) is 15.9. The number of fused-ring (bicyclic) bond motifs is 1. The van der Waals surface area contributed by atoms with Crippen LogP contribution in [0.1, 0.15) is 0 Å². The molecule has 0 aliphatic carbocycles. The zero-order valence-electron chi connectivity index (χ0n) is 10.5. The molecule has 0 saturated carbocycles. The fourth-order valence-electron chi connectivity index (χ4n) is 2.03. The highest BCUT2D eigenvalue weighted by Crippen LogP contribution is 2.20. The third-order valence-corrected chi connectivity index (χ3v) is 4.86. The molecule has 3 rings (SSSR count). The molecule has 1 aromatic heterocycles. The van der Waals surface area contributed by atoms with Crippen molar-refractivity contribution in [2.75, 3.05) is 30.3 Å². The Bertz CT molecular complexity index is 545. The summed E-state index contributed by atoms with van der Waals surface area (Å²) in [4.78, 5) is 21.7.